The summed E-state index contributed by atoms with van der Waals surface area (Å²) in [5, 5.41) is -0.759. The first-order valence-corrected chi connectivity index (χ1v) is 10.6. The fourth-order valence-corrected chi connectivity index (χ4v) is 3.56. The maximum absolute atomic E-state index is 13.9. The summed E-state index contributed by atoms with van der Waals surface area (Å²) in [4.78, 5) is 44.5. The summed E-state index contributed by atoms with van der Waals surface area (Å²) in [6.07, 6.45) is 2.36. The molecule has 0 N–H and O–H groups in total. The van der Waals surface area contributed by atoms with Gasteiger partial charge < -0.3 is 14.2 Å². The summed E-state index contributed by atoms with van der Waals surface area (Å²) in [6, 6.07) is 4.63. The number of carbonyl (C=O) groups excluding carboxylic acids is 3. The van der Waals surface area contributed by atoms with Crippen LogP contribution in [0.3, 0.4) is 0 Å². The van der Waals surface area contributed by atoms with Gasteiger partial charge in [0.2, 0.25) is 11.1 Å². The van der Waals surface area contributed by atoms with Gasteiger partial charge in [0, 0.05) is 0 Å². The van der Waals surface area contributed by atoms with Crippen molar-refractivity contribution in [3.05, 3.63) is 46.0 Å². The molecule has 0 bridgehead atoms. The van der Waals surface area contributed by atoms with Crippen molar-refractivity contribution in [2.45, 2.75) is 13.8 Å². The van der Waals surface area contributed by atoms with Crippen molar-refractivity contribution in [3.8, 4) is 17.4 Å². The van der Waals surface area contributed by atoms with Gasteiger partial charge in [0.15, 0.2) is 11.5 Å². The van der Waals surface area contributed by atoms with Gasteiger partial charge in [-0.2, -0.15) is 9.37 Å². The van der Waals surface area contributed by atoms with E-state index in [1.54, 1.807) is 26.0 Å². The summed E-state index contributed by atoms with van der Waals surface area (Å²) in [6.45, 7) is 3.34. The molecule has 0 aliphatic carbocycles. The lowest BCUT2D eigenvalue weighted by molar-refractivity contribution is -0.145. The number of thioether (sulfide) groups is 1. The van der Waals surface area contributed by atoms with E-state index in [-0.39, 0.29) is 40.8 Å². The molecule has 1 aromatic carbocycles. The van der Waals surface area contributed by atoms with Crippen LogP contribution in [-0.2, 0) is 14.3 Å². The molecule has 1 aliphatic rings. The second-order valence-electron chi connectivity index (χ2n) is 6.11. The lowest BCUT2D eigenvalue weighted by Gasteiger charge is -2.12. The van der Waals surface area contributed by atoms with E-state index in [4.69, 9.17) is 25.8 Å². The molecule has 2 heterocycles. The number of aromatic nitrogens is 2. The Hall–Kier alpha value is -3.18. The van der Waals surface area contributed by atoms with Crippen LogP contribution in [0.1, 0.15) is 19.4 Å². The molecule has 2 amide bonds. The number of benzene rings is 1. The second-order valence-corrected chi connectivity index (χ2v) is 7.44. The van der Waals surface area contributed by atoms with Crippen LogP contribution in [-0.4, -0.2) is 51.7 Å². The fourth-order valence-electron chi connectivity index (χ4n) is 2.60. The first-order valence-electron chi connectivity index (χ1n) is 9.36. The average Bonchev–Trinajstić information content (AvgIpc) is 3.00. The minimum Gasteiger partial charge on any atom is -0.490 e. The normalized spacial score (nSPS) is 14.8. The summed E-state index contributed by atoms with van der Waals surface area (Å²) in [7, 11) is 0. The number of rotatable bonds is 8. The van der Waals surface area contributed by atoms with Gasteiger partial charge in [-0.15, -0.1) is 0 Å². The molecule has 0 radical (unpaired) electrons. The Morgan fingerprint density at radius 1 is 1.25 bits per heavy atom. The van der Waals surface area contributed by atoms with Crippen LogP contribution in [0.25, 0.3) is 6.08 Å². The molecule has 3 rings (SSSR count). The highest BCUT2D eigenvalue weighted by molar-refractivity contribution is 8.18. The van der Waals surface area contributed by atoms with Gasteiger partial charge in [-0.1, -0.05) is 6.07 Å². The Balaban J connectivity index is 1.84. The van der Waals surface area contributed by atoms with Gasteiger partial charge in [0.05, 0.1) is 24.3 Å². The average molecular weight is 482 g/mol. The Bertz CT molecular complexity index is 1100. The van der Waals surface area contributed by atoms with Gasteiger partial charge in [0.1, 0.15) is 6.54 Å². The van der Waals surface area contributed by atoms with E-state index < -0.39 is 29.5 Å². The van der Waals surface area contributed by atoms with Crippen molar-refractivity contribution in [1.82, 2.24) is 14.9 Å². The van der Waals surface area contributed by atoms with Crippen molar-refractivity contribution >= 4 is 46.6 Å². The maximum Gasteiger partial charge on any atom is 0.326 e. The summed E-state index contributed by atoms with van der Waals surface area (Å²) in [5.74, 6) is -2.05. The molecule has 0 saturated carbocycles. The third-order valence-electron chi connectivity index (χ3n) is 3.92. The highest BCUT2D eigenvalue weighted by Crippen LogP contribution is 2.36. The van der Waals surface area contributed by atoms with E-state index in [1.807, 2.05) is 0 Å². The first-order chi connectivity index (χ1) is 15.3. The van der Waals surface area contributed by atoms with Crippen molar-refractivity contribution in [2.24, 2.45) is 0 Å². The van der Waals surface area contributed by atoms with Gasteiger partial charge in [-0.25, -0.2) is 4.98 Å². The van der Waals surface area contributed by atoms with Crippen LogP contribution in [0.5, 0.6) is 17.4 Å². The minimum absolute atomic E-state index is 0.129. The first kappa shape index (κ1) is 23.5. The van der Waals surface area contributed by atoms with E-state index in [2.05, 4.69) is 9.97 Å². The molecule has 1 aromatic heterocycles. The van der Waals surface area contributed by atoms with Gasteiger partial charge in [-0.3, -0.25) is 19.3 Å². The van der Waals surface area contributed by atoms with Crippen molar-refractivity contribution < 1.29 is 33.0 Å². The Labute approximate surface area is 191 Å². The standard InChI is InChI=1S/C20H17ClFN3O6S/c1-3-29-14-7-11(5-6-13(14)31-17-12(22)9-23-19(21)24-17)8-15-18(27)25(20(28)32-15)10-16(26)30-4-2/h5-9H,3-4,10H2,1-2H3/b15-8+. The number of nitrogens with zero attached hydrogens (tertiary/aromatic N) is 3. The summed E-state index contributed by atoms with van der Waals surface area (Å²) in [5.41, 5.74) is 0.517. The highest BCUT2D eigenvalue weighted by atomic mass is 35.5. The Morgan fingerprint density at radius 2 is 2.03 bits per heavy atom. The molecule has 2 aromatic rings. The van der Waals surface area contributed by atoms with E-state index >= 15 is 0 Å². The van der Waals surface area contributed by atoms with Crippen molar-refractivity contribution in [1.29, 1.82) is 0 Å². The van der Waals surface area contributed by atoms with Crippen LogP contribution < -0.4 is 9.47 Å². The van der Waals surface area contributed by atoms with E-state index in [1.165, 1.54) is 12.1 Å². The number of carbonyl (C=O) groups is 3. The molecular formula is C20H17ClFN3O6S. The topological polar surface area (TPSA) is 108 Å². The maximum atomic E-state index is 13.9. The van der Waals surface area contributed by atoms with E-state index in [0.717, 1.165) is 11.1 Å². The Kier molecular flexibility index (Phi) is 7.65. The monoisotopic (exact) mass is 481 g/mol. The molecule has 0 unspecified atom stereocenters. The van der Waals surface area contributed by atoms with Gasteiger partial charge in [0.25, 0.3) is 17.0 Å². The predicted octanol–water partition coefficient (Wildman–Crippen LogP) is 4.06. The number of hydrogen-bond donors (Lipinski definition) is 0. The SMILES string of the molecule is CCOC(=O)CN1C(=O)S/C(=C/c2ccc(Oc3nc(Cl)ncc3F)c(OCC)c2)C1=O. The van der Waals surface area contributed by atoms with Crippen LogP contribution in [0, 0.1) is 5.82 Å². The van der Waals surface area contributed by atoms with Crippen molar-refractivity contribution in [2.75, 3.05) is 19.8 Å². The zero-order chi connectivity index (χ0) is 23.3. The van der Waals surface area contributed by atoms with E-state index in [9.17, 15) is 18.8 Å². The van der Waals surface area contributed by atoms with Gasteiger partial charge in [-0.05, 0) is 61.0 Å². The largest absolute Gasteiger partial charge is 0.490 e. The summed E-state index contributed by atoms with van der Waals surface area (Å²) < 4.78 is 29.7. The quantitative estimate of drug-likeness (QED) is 0.313. The smallest absolute Gasteiger partial charge is 0.326 e. The highest BCUT2D eigenvalue weighted by Gasteiger charge is 2.36. The number of hydrogen-bond acceptors (Lipinski definition) is 9. The number of ether oxygens (including phenoxy) is 3. The van der Waals surface area contributed by atoms with Crippen molar-refractivity contribution in [3.63, 3.8) is 0 Å². The molecule has 168 valence electrons. The third-order valence-corrected chi connectivity index (χ3v) is 5.01. The van der Waals surface area contributed by atoms with Crippen LogP contribution >= 0.6 is 23.4 Å². The molecular weight excluding hydrogens is 465 g/mol. The molecule has 1 fully saturated rings. The Morgan fingerprint density at radius 3 is 2.75 bits per heavy atom. The van der Waals surface area contributed by atoms with Crippen LogP contribution in [0.15, 0.2) is 29.3 Å². The number of amides is 2. The molecule has 0 spiro atoms. The number of imide groups is 1. The minimum atomic E-state index is -0.809. The zero-order valence-corrected chi connectivity index (χ0v) is 18.5. The molecule has 1 saturated heterocycles. The van der Waals surface area contributed by atoms with E-state index in [0.29, 0.717) is 17.3 Å². The molecule has 12 heteroatoms. The van der Waals surface area contributed by atoms with Crippen LogP contribution in [0.4, 0.5) is 9.18 Å². The number of halogens is 2. The van der Waals surface area contributed by atoms with Crippen LogP contribution in [0.2, 0.25) is 5.28 Å². The third kappa shape index (κ3) is 5.54. The molecule has 9 nitrogen and oxygen atoms in total. The lowest BCUT2D eigenvalue weighted by atomic mass is 10.2. The summed E-state index contributed by atoms with van der Waals surface area (Å²) >= 11 is 6.39. The number of esters is 1. The molecule has 1 aliphatic heterocycles. The predicted molar refractivity (Wildman–Crippen MR) is 114 cm³/mol. The lowest BCUT2D eigenvalue weighted by Crippen LogP contribution is -2.34. The fraction of sp³-hybridized carbons (Fsp3) is 0.250. The molecule has 32 heavy (non-hydrogen) atoms. The molecule has 0 atom stereocenters. The second kappa shape index (κ2) is 10.4. The zero-order valence-electron chi connectivity index (χ0n) is 17.0. The van der Waals surface area contributed by atoms with Gasteiger partial charge >= 0.3 is 5.97 Å².